The summed E-state index contributed by atoms with van der Waals surface area (Å²) in [4.78, 5) is 14.2. The van der Waals surface area contributed by atoms with Crippen LogP contribution in [0.5, 0.6) is 11.5 Å². The van der Waals surface area contributed by atoms with Gasteiger partial charge in [-0.05, 0) is 32.0 Å². The summed E-state index contributed by atoms with van der Waals surface area (Å²) >= 11 is 0. The molecule has 23 heavy (non-hydrogen) atoms. The number of nitrogens with zero attached hydrogens (tertiary/aromatic N) is 1. The molecule has 0 N–H and O–H groups in total. The molecule has 0 heterocycles. The van der Waals surface area contributed by atoms with Gasteiger partial charge in [0.15, 0.2) is 21.3 Å². The van der Waals surface area contributed by atoms with Crippen LogP contribution in [0.3, 0.4) is 0 Å². The first-order valence-electron chi connectivity index (χ1n) is 7.53. The molecule has 0 aliphatic rings. The minimum atomic E-state index is -3.15. The van der Waals surface area contributed by atoms with E-state index in [1.54, 1.807) is 36.9 Å². The second-order valence-corrected chi connectivity index (χ2v) is 7.61. The van der Waals surface area contributed by atoms with Crippen molar-refractivity contribution in [3.05, 3.63) is 23.8 Å². The number of ether oxygens (including phenoxy) is 2. The Labute approximate surface area is 138 Å². The van der Waals surface area contributed by atoms with Crippen LogP contribution in [0.15, 0.2) is 18.2 Å². The number of hydrogen-bond donors (Lipinski definition) is 0. The molecule has 130 valence electrons. The molecule has 1 rings (SSSR count). The van der Waals surface area contributed by atoms with Crippen LogP contribution in [0.4, 0.5) is 0 Å². The first kappa shape index (κ1) is 19.3. The maximum atomic E-state index is 12.7. The molecule has 0 bridgehead atoms. The van der Waals surface area contributed by atoms with E-state index in [0.29, 0.717) is 23.6 Å². The molecule has 1 amide bonds. The molecule has 6 nitrogen and oxygen atoms in total. The third-order valence-corrected chi connectivity index (χ3v) is 5.57. The summed E-state index contributed by atoms with van der Waals surface area (Å²) < 4.78 is 34.0. The molecule has 0 aliphatic carbocycles. The largest absolute Gasteiger partial charge is 0.493 e. The van der Waals surface area contributed by atoms with Crippen LogP contribution in [0, 0.1) is 0 Å². The lowest BCUT2D eigenvalue weighted by atomic mass is 10.1. The van der Waals surface area contributed by atoms with Gasteiger partial charge in [-0.15, -0.1) is 0 Å². The summed E-state index contributed by atoms with van der Waals surface area (Å²) in [6.07, 6.45) is 0. The highest BCUT2D eigenvalue weighted by atomic mass is 32.2. The fourth-order valence-electron chi connectivity index (χ4n) is 2.37. The van der Waals surface area contributed by atoms with E-state index < -0.39 is 15.9 Å². The first-order chi connectivity index (χ1) is 10.8. The fraction of sp³-hybridized carbons (Fsp3) is 0.562. The lowest BCUT2D eigenvalue weighted by molar-refractivity contribution is 0.0718. The number of amides is 1. The van der Waals surface area contributed by atoms with E-state index in [9.17, 15) is 13.2 Å². The van der Waals surface area contributed by atoms with E-state index in [1.807, 2.05) is 6.92 Å². The van der Waals surface area contributed by atoms with E-state index >= 15 is 0 Å². The molecule has 0 fully saturated rings. The zero-order valence-electron chi connectivity index (χ0n) is 14.3. The highest BCUT2D eigenvalue weighted by Gasteiger charge is 2.24. The van der Waals surface area contributed by atoms with E-state index in [2.05, 4.69) is 0 Å². The van der Waals surface area contributed by atoms with Crippen molar-refractivity contribution in [2.75, 3.05) is 32.3 Å². The average molecular weight is 343 g/mol. The van der Waals surface area contributed by atoms with Crippen LogP contribution in [0.25, 0.3) is 0 Å². The Morgan fingerprint density at radius 2 is 1.78 bits per heavy atom. The number of carbonyl (C=O) groups is 1. The number of carbonyl (C=O) groups excluding carboxylic acids is 1. The van der Waals surface area contributed by atoms with Gasteiger partial charge in [0.1, 0.15) is 0 Å². The van der Waals surface area contributed by atoms with Crippen molar-refractivity contribution in [2.24, 2.45) is 0 Å². The van der Waals surface area contributed by atoms with Gasteiger partial charge in [-0.25, -0.2) is 8.42 Å². The van der Waals surface area contributed by atoms with Gasteiger partial charge in [0.05, 0.1) is 20.0 Å². The van der Waals surface area contributed by atoms with Crippen LogP contribution in [-0.4, -0.2) is 57.5 Å². The third-order valence-electron chi connectivity index (χ3n) is 3.70. The van der Waals surface area contributed by atoms with Crippen molar-refractivity contribution >= 4 is 15.7 Å². The molecule has 1 aromatic carbocycles. The second kappa shape index (κ2) is 8.19. The van der Waals surface area contributed by atoms with Gasteiger partial charge in [0.2, 0.25) is 0 Å². The SMILES string of the molecule is CCN(C(=O)c1ccc(OC)c(OC)c1)C(C)CS(=O)(=O)CC. The van der Waals surface area contributed by atoms with E-state index in [-0.39, 0.29) is 17.4 Å². The maximum Gasteiger partial charge on any atom is 0.254 e. The van der Waals surface area contributed by atoms with Crippen molar-refractivity contribution in [1.29, 1.82) is 0 Å². The smallest absolute Gasteiger partial charge is 0.254 e. The summed E-state index contributed by atoms with van der Waals surface area (Å²) in [5.74, 6) is 0.791. The van der Waals surface area contributed by atoms with E-state index in [0.717, 1.165) is 0 Å². The topological polar surface area (TPSA) is 72.9 Å². The van der Waals surface area contributed by atoms with Gasteiger partial charge < -0.3 is 14.4 Å². The monoisotopic (exact) mass is 343 g/mol. The Hall–Kier alpha value is -1.76. The Morgan fingerprint density at radius 1 is 1.17 bits per heavy atom. The molecule has 1 aromatic rings. The minimum absolute atomic E-state index is 0.0453. The number of rotatable bonds is 8. The van der Waals surface area contributed by atoms with Crippen LogP contribution in [-0.2, 0) is 9.84 Å². The summed E-state index contributed by atoms with van der Waals surface area (Å²) in [5, 5.41) is 0. The van der Waals surface area contributed by atoms with Crippen LogP contribution in [0.2, 0.25) is 0 Å². The number of benzene rings is 1. The maximum absolute atomic E-state index is 12.7. The van der Waals surface area contributed by atoms with Crippen molar-refractivity contribution in [3.63, 3.8) is 0 Å². The van der Waals surface area contributed by atoms with E-state index in [1.165, 1.54) is 14.2 Å². The van der Waals surface area contributed by atoms with E-state index in [4.69, 9.17) is 9.47 Å². The fourth-order valence-corrected chi connectivity index (χ4v) is 3.52. The zero-order valence-corrected chi connectivity index (χ0v) is 15.1. The van der Waals surface area contributed by atoms with Crippen molar-refractivity contribution in [1.82, 2.24) is 4.90 Å². The molecule has 1 unspecified atom stereocenters. The highest BCUT2D eigenvalue weighted by molar-refractivity contribution is 7.91. The summed E-state index contributed by atoms with van der Waals surface area (Å²) in [6.45, 7) is 5.60. The van der Waals surface area contributed by atoms with Gasteiger partial charge in [0, 0.05) is 23.9 Å². The Morgan fingerprint density at radius 3 is 2.26 bits per heavy atom. The lowest BCUT2D eigenvalue weighted by Gasteiger charge is -2.28. The number of hydrogen-bond acceptors (Lipinski definition) is 5. The average Bonchev–Trinajstić information content (AvgIpc) is 2.54. The van der Waals surface area contributed by atoms with Gasteiger partial charge in [-0.1, -0.05) is 6.92 Å². The number of sulfone groups is 1. The molecule has 0 saturated carbocycles. The van der Waals surface area contributed by atoms with Crippen molar-refractivity contribution in [3.8, 4) is 11.5 Å². The highest BCUT2D eigenvalue weighted by Crippen LogP contribution is 2.28. The molecule has 0 saturated heterocycles. The molecular formula is C16H25NO5S. The lowest BCUT2D eigenvalue weighted by Crippen LogP contribution is -2.42. The molecular weight excluding hydrogens is 318 g/mol. The zero-order chi connectivity index (χ0) is 17.6. The molecule has 1 atom stereocenters. The van der Waals surface area contributed by atoms with Crippen molar-refractivity contribution < 1.29 is 22.7 Å². The van der Waals surface area contributed by atoms with Gasteiger partial charge >= 0.3 is 0 Å². The predicted molar refractivity (Wildman–Crippen MR) is 90.0 cm³/mol. The Bertz CT molecular complexity index is 642. The standard InChI is InChI=1S/C16H25NO5S/c1-6-17(12(3)11-23(19,20)7-2)16(18)13-8-9-14(21-4)15(10-13)22-5/h8-10,12H,6-7,11H2,1-5H3. The Balaban J connectivity index is 3.05. The van der Waals surface area contributed by atoms with Crippen LogP contribution < -0.4 is 9.47 Å². The first-order valence-corrected chi connectivity index (χ1v) is 9.35. The molecule has 7 heteroatoms. The van der Waals surface area contributed by atoms with Crippen molar-refractivity contribution in [2.45, 2.75) is 26.8 Å². The predicted octanol–water partition coefficient (Wildman–Crippen LogP) is 1.99. The quantitative estimate of drug-likeness (QED) is 0.722. The molecule has 0 radical (unpaired) electrons. The third kappa shape index (κ3) is 4.86. The summed E-state index contributed by atoms with van der Waals surface area (Å²) in [5.41, 5.74) is 0.435. The minimum Gasteiger partial charge on any atom is -0.493 e. The molecule has 0 aromatic heterocycles. The molecule has 0 aliphatic heterocycles. The molecule has 0 spiro atoms. The van der Waals surface area contributed by atoms with Gasteiger partial charge in [-0.3, -0.25) is 4.79 Å². The summed E-state index contributed by atoms with van der Waals surface area (Å²) in [6, 6.07) is 4.51. The second-order valence-electron chi connectivity index (χ2n) is 5.21. The summed E-state index contributed by atoms with van der Waals surface area (Å²) in [7, 11) is -0.128. The normalized spacial score (nSPS) is 12.6. The van der Waals surface area contributed by atoms with Crippen LogP contribution in [0.1, 0.15) is 31.1 Å². The number of methoxy groups -OCH3 is 2. The van der Waals surface area contributed by atoms with Gasteiger partial charge in [-0.2, -0.15) is 0 Å². The Kier molecular flexibility index (Phi) is 6.87. The van der Waals surface area contributed by atoms with Gasteiger partial charge in [0.25, 0.3) is 5.91 Å². The van der Waals surface area contributed by atoms with Crippen LogP contribution >= 0.6 is 0 Å².